The molecule has 5 rings (SSSR count). The van der Waals surface area contributed by atoms with E-state index in [9.17, 15) is 9.59 Å². The standard InChI is InChI=1S/C26H45N5O4/c1-15(2)34-26(33)30-12-16(3)31(25(32)19-6-7-19)23-9-8-20(10-24(23)30)21-11-27-29(13-21)14-22-17(4)28-35-18(22)5/h15-24,27-28H,6-14H2,1-5H3/t16-,17?,18?,20?,21?,22?,23?,24?/m0/s1. The molecule has 0 radical (unpaired) electrons. The van der Waals surface area contributed by atoms with Gasteiger partial charge in [-0.15, -0.1) is 0 Å². The molecule has 9 nitrogen and oxygen atoms in total. The molecule has 0 aromatic heterocycles. The van der Waals surface area contributed by atoms with Crippen LogP contribution in [0.5, 0.6) is 0 Å². The highest BCUT2D eigenvalue weighted by Gasteiger charge is 2.51. The minimum Gasteiger partial charge on any atom is -0.447 e. The van der Waals surface area contributed by atoms with Gasteiger partial charge < -0.3 is 14.5 Å². The first kappa shape index (κ1) is 25.2. The van der Waals surface area contributed by atoms with E-state index in [-0.39, 0.29) is 42.3 Å². The minimum atomic E-state index is -0.219. The molecule has 0 aromatic carbocycles. The molecule has 198 valence electrons. The van der Waals surface area contributed by atoms with E-state index in [2.05, 4.69) is 41.6 Å². The summed E-state index contributed by atoms with van der Waals surface area (Å²) in [4.78, 5) is 36.1. The number of carbonyl (C=O) groups excluding carboxylic acids is 2. The maximum Gasteiger partial charge on any atom is 0.410 e. The lowest BCUT2D eigenvalue weighted by molar-refractivity contribution is -0.146. The Morgan fingerprint density at radius 3 is 2.46 bits per heavy atom. The minimum absolute atomic E-state index is 0.0375. The summed E-state index contributed by atoms with van der Waals surface area (Å²) < 4.78 is 5.66. The molecule has 3 aliphatic heterocycles. The predicted molar refractivity (Wildman–Crippen MR) is 132 cm³/mol. The number of ether oxygens (including phenoxy) is 1. The summed E-state index contributed by atoms with van der Waals surface area (Å²) in [6.45, 7) is 13.8. The van der Waals surface area contributed by atoms with Crippen LogP contribution < -0.4 is 10.9 Å². The second-order valence-corrected chi connectivity index (χ2v) is 12.1. The zero-order chi connectivity index (χ0) is 24.9. The van der Waals surface area contributed by atoms with Gasteiger partial charge in [-0.2, -0.15) is 5.48 Å². The first-order valence-corrected chi connectivity index (χ1v) is 13.9. The quantitative estimate of drug-likeness (QED) is 0.611. The van der Waals surface area contributed by atoms with Crippen molar-refractivity contribution in [2.45, 2.75) is 103 Å². The zero-order valence-electron chi connectivity index (χ0n) is 22.1. The van der Waals surface area contributed by atoms with Gasteiger partial charge in [0.25, 0.3) is 0 Å². The molecule has 3 saturated heterocycles. The molecule has 2 N–H and O–H groups in total. The molecule has 3 heterocycles. The number of fused-ring (bicyclic) bond motifs is 1. The Bertz CT molecular complexity index is 782. The number of nitrogens with one attached hydrogen (secondary N) is 2. The maximum absolute atomic E-state index is 13.2. The first-order chi connectivity index (χ1) is 16.7. The highest BCUT2D eigenvalue weighted by atomic mass is 16.7. The summed E-state index contributed by atoms with van der Waals surface area (Å²) in [5.41, 5.74) is 6.76. The average Bonchev–Trinajstić information content (AvgIpc) is 3.49. The highest BCUT2D eigenvalue weighted by molar-refractivity contribution is 5.82. The molecule has 5 aliphatic rings. The van der Waals surface area contributed by atoms with Crippen LogP contribution >= 0.6 is 0 Å². The summed E-state index contributed by atoms with van der Waals surface area (Å²) in [6, 6.07) is 0.536. The SMILES string of the molecule is CC(C)OC(=O)N1C[C@H](C)N(C(=O)C2CC2)C2CCC(C3CNN(CC4C(C)NOC4C)C3)CC21. The topological polar surface area (TPSA) is 86.4 Å². The summed E-state index contributed by atoms with van der Waals surface area (Å²) in [7, 11) is 0. The molecule has 0 aromatic rings. The van der Waals surface area contributed by atoms with E-state index in [1.54, 1.807) is 0 Å². The van der Waals surface area contributed by atoms with Crippen LogP contribution in [0.1, 0.15) is 66.7 Å². The van der Waals surface area contributed by atoms with Gasteiger partial charge in [0.1, 0.15) is 0 Å². The number of hydrazine groups is 1. The molecule has 2 aliphatic carbocycles. The molecule has 0 bridgehead atoms. The summed E-state index contributed by atoms with van der Waals surface area (Å²) in [5.74, 6) is 2.05. The smallest absolute Gasteiger partial charge is 0.410 e. The van der Waals surface area contributed by atoms with Crippen molar-refractivity contribution in [1.82, 2.24) is 25.7 Å². The maximum atomic E-state index is 13.2. The number of piperazine rings is 1. The van der Waals surface area contributed by atoms with Crippen molar-refractivity contribution in [3.63, 3.8) is 0 Å². The third-order valence-corrected chi connectivity index (χ3v) is 9.08. The molecule has 5 fully saturated rings. The van der Waals surface area contributed by atoms with Crippen LogP contribution in [0.4, 0.5) is 4.79 Å². The summed E-state index contributed by atoms with van der Waals surface area (Å²) >= 11 is 0. The van der Waals surface area contributed by atoms with E-state index in [4.69, 9.17) is 9.57 Å². The Kier molecular flexibility index (Phi) is 7.32. The van der Waals surface area contributed by atoms with Crippen molar-refractivity contribution in [2.75, 3.05) is 26.2 Å². The third-order valence-electron chi connectivity index (χ3n) is 9.08. The molecular formula is C26H45N5O4. The monoisotopic (exact) mass is 491 g/mol. The van der Waals surface area contributed by atoms with Crippen molar-refractivity contribution in [3.05, 3.63) is 0 Å². The zero-order valence-corrected chi connectivity index (χ0v) is 22.1. The van der Waals surface area contributed by atoms with Crippen LogP contribution in [-0.2, 0) is 14.4 Å². The molecular weight excluding hydrogens is 446 g/mol. The van der Waals surface area contributed by atoms with Crippen molar-refractivity contribution in [2.24, 2.45) is 23.7 Å². The molecule has 9 heteroatoms. The van der Waals surface area contributed by atoms with Crippen molar-refractivity contribution in [1.29, 1.82) is 0 Å². The Morgan fingerprint density at radius 1 is 1.03 bits per heavy atom. The van der Waals surface area contributed by atoms with E-state index in [0.29, 0.717) is 36.2 Å². The van der Waals surface area contributed by atoms with Crippen molar-refractivity contribution in [3.8, 4) is 0 Å². The van der Waals surface area contributed by atoms with Gasteiger partial charge in [0, 0.05) is 50.1 Å². The molecule has 35 heavy (non-hydrogen) atoms. The third kappa shape index (κ3) is 5.20. The number of rotatable bonds is 5. The Labute approximate surface area is 210 Å². The van der Waals surface area contributed by atoms with Gasteiger partial charge in [0.05, 0.1) is 24.3 Å². The molecule has 2 saturated carbocycles. The lowest BCUT2D eigenvalue weighted by Crippen LogP contribution is -2.67. The van der Waals surface area contributed by atoms with Gasteiger partial charge in [-0.3, -0.25) is 15.1 Å². The number of carbonyl (C=O) groups is 2. The first-order valence-electron chi connectivity index (χ1n) is 13.9. The highest BCUT2D eigenvalue weighted by Crippen LogP contribution is 2.42. The number of amides is 2. The number of hydrogen-bond donors (Lipinski definition) is 2. The van der Waals surface area contributed by atoms with E-state index >= 15 is 0 Å². The van der Waals surface area contributed by atoms with E-state index in [1.807, 2.05) is 18.7 Å². The van der Waals surface area contributed by atoms with Gasteiger partial charge in [-0.1, -0.05) is 0 Å². The normalized spacial score (nSPS) is 40.3. The van der Waals surface area contributed by atoms with Crippen LogP contribution in [0.15, 0.2) is 0 Å². The van der Waals surface area contributed by atoms with Gasteiger partial charge in [-0.05, 0) is 78.6 Å². The van der Waals surface area contributed by atoms with Crippen LogP contribution in [-0.4, -0.2) is 89.4 Å². The molecule has 2 amide bonds. The van der Waals surface area contributed by atoms with Gasteiger partial charge in [-0.25, -0.2) is 9.80 Å². The fourth-order valence-electron chi connectivity index (χ4n) is 6.96. The molecule has 0 spiro atoms. The summed E-state index contributed by atoms with van der Waals surface area (Å²) in [6.07, 6.45) is 4.90. The average molecular weight is 492 g/mol. The molecule has 7 unspecified atom stereocenters. The second kappa shape index (κ2) is 10.1. The number of hydroxylamine groups is 1. The molecule has 8 atom stereocenters. The van der Waals surface area contributed by atoms with Crippen LogP contribution in [0, 0.1) is 23.7 Å². The van der Waals surface area contributed by atoms with E-state index in [0.717, 1.165) is 51.7 Å². The van der Waals surface area contributed by atoms with E-state index in [1.165, 1.54) is 0 Å². The van der Waals surface area contributed by atoms with Crippen molar-refractivity contribution < 1.29 is 19.2 Å². The largest absolute Gasteiger partial charge is 0.447 e. The van der Waals surface area contributed by atoms with Crippen LogP contribution in [0.2, 0.25) is 0 Å². The van der Waals surface area contributed by atoms with Gasteiger partial charge in [0.2, 0.25) is 5.91 Å². The van der Waals surface area contributed by atoms with Gasteiger partial charge in [0.15, 0.2) is 0 Å². The Morgan fingerprint density at radius 2 is 1.80 bits per heavy atom. The number of nitrogens with zero attached hydrogens (tertiary/aromatic N) is 3. The fourth-order valence-corrected chi connectivity index (χ4v) is 6.96. The fraction of sp³-hybridized carbons (Fsp3) is 0.923. The van der Waals surface area contributed by atoms with Crippen molar-refractivity contribution >= 4 is 12.0 Å². The summed E-state index contributed by atoms with van der Waals surface area (Å²) in [5, 5.41) is 2.38. The van der Waals surface area contributed by atoms with E-state index < -0.39 is 0 Å². The second-order valence-electron chi connectivity index (χ2n) is 12.1. The Balaban J connectivity index is 1.27. The van der Waals surface area contributed by atoms with Crippen LogP contribution in [0.25, 0.3) is 0 Å². The Hall–Kier alpha value is -1.42. The van der Waals surface area contributed by atoms with Gasteiger partial charge >= 0.3 is 6.09 Å². The number of hydrogen-bond acceptors (Lipinski definition) is 7. The van der Waals surface area contributed by atoms with Crippen LogP contribution in [0.3, 0.4) is 0 Å². The lowest BCUT2D eigenvalue weighted by Gasteiger charge is -2.54. The predicted octanol–water partition coefficient (Wildman–Crippen LogP) is 2.38. The lowest BCUT2D eigenvalue weighted by atomic mass is 9.73.